The quantitative estimate of drug-likeness (QED) is 0.474. The van der Waals surface area contributed by atoms with Crippen LogP contribution < -0.4 is 4.90 Å². The third-order valence-corrected chi connectivity index (χ3v) is 4.68. The Morgan fingerprint density at radius 1 is 0.957 bits per heavy atom. The van der Waals surface area contributed by atoms with Crippen molar-refractivity contribution in [3.05, 3.63) is 23.5 Å². The van der Waals surface area contributed by atoms with Crippen LogP contribution in [0, 0.1) is 0 Å². The van der Waals surface area contributed by atoms with E-state index in [0.29, 0.717) is 18.6 Å². The van der Waals surface area contributed by atoms with E-state index in [1.807, 2.05) is 6.07 Å². The Morgan fingerprint density at radius 3 is 2.26 bits per heavy atom. The molecule has 1 aromatic rings. The zero-order valence-corrected chi connectivity index (χ0v) is 12.9. The van der Waals surface area contributed by atoms with Gasteiger partial charge in [0, 0.05) is 38.1 Å². The predicted octanol–water partition coefficient (Wildman–Crippen LogP) is 2.63. The molecule has 0 amide bonds. The summed E-state index contributed by atoms with van der Waals surface area (Å²) in [5.74, 6) is -1.06. The molecule has 0 aromatic carbocycles. The first-order valence-electron chi connectivity index (χ1n) is 8.18. The second-order valence-corrected chi connectivity index (χ2v) is 6.32. The van der Waals surface area contributed by atoms with Crippen molar-refractivity contribution in [2.75, 3.05) is 18.0 Å². The minimum absolute atomic E-state index is 0.107. The van der Waals surface area contributed by atoms with Gasteiger partial charge in [-0.15, -0.1) is 0 Å². The molecule has 3 fully saturated rings. The average molecular weight is 317 g/mol. The van der Waals surface area contributed by atoms with E-state index in [9.17, 15) is 9.59 Å². The van der Waals surface area contributed by atoms with Crippen LogP contribution in [0.2, 0.25) is 0 Å². The topological polar surface area (TPSA) is 69.0 Å². The molecule has 6 nitrogen and oxygen atoms in total. The number of esters is 2. The van der Waals surface area contributed by atoms with Gasteiger partial charge in [-0.25, -0.2) is 9.59 Å². The van der Waals surface area contributed by atoms with Gasteiger partial charge in [0.25, 0.3) is 5.79 Å². The Bertz CT molecular complexity index is 640. The Balaban J connectivity index is 1.54. The van der Waals surface area contributed by atoms with Crippen molar-refractivity contribution in [2.45, 2.75) is 44.3 Å². The lowest BCUT2D eigenvalue weighted by atomic mass is 10.1. The predicted molar refractivity (Wildman–Crippen MR) is 81.5 cm³/mol. The lowest BCUT2D eigenvalue weighted by molar-refractivity contribution is -0.232. The molecule has 2 aliphatic heterocycles. The van der Waals surface area contributed by atoms with Gasteiger partial charge < -0.3 is 18.8 Å². The van der Waals surface area contributed by atoms with Crippen LogP contribution in [0.25, 0.3) is 6.08 Å². The lowest BCUT2D eigenvalue weighted by Crippen LogP contribution is -2.44. The fraction of sp³-hybridized carbons (Fsp3) is 0.529. The van der Waals surface area contributed by atoms with E-state index in [1.165, 1.54) is 6.08 Å². The van der Waals surface area contributed by atoms with E-state index in [1.54, 1.807) is 6.07 Å². The Kier molecular flexibility index (Phi) is 3.39. The molecule has 3 heterocycles. The highest BCUT2D eigenvalue weighted by molar-refractivity contribution is 6.18. The van der Waals surface area contributed by atoms with Crippen molar-refractivity contribution >= 4 is 23.9 Å². The molecule has 3 aliphatic rings. The van der Waals surface area contributed by atoms with Crippen molar-refractivity contribution < 1.29 is 23.5 Å². The van der Waals surface area contributed by atoms with Crippen LogP contribution in [-0.4, -0.2) is 30.8 Å². The van der Waals surface area contributed by atoms with E-state index in [2.05, 4.69) is 4.90 Å². The number of ether oxygens (including phenoxy) is 2. The highest BCUT2D eigenvalue weighted by atomic mass is 16.7. The second kappa shape index (κ2) is 5.44. The van der Waals surface area contributed by atoms with Crippen LogP contribution in [0.15, 0.2) is 22.1 Å². The summed E-state index contributed by atoms with van der Waals surface area (Å²) in [6.07, 6.45) is 6.67. The number of rotatable bonds is 2. The Hall–Kier alpha value is -2.24. The Morgan fingerprint density at radius 2 is 1.61 bits per heavy atom. The summed E-state index contributed by atoms with van der Waals surface area (Å²) in [5, 5.41) is 0. The van der Waals surface area contributed by atoms with Gasteiger partial charge in [-0.2, -0.15) is 0 Å². The summed E-state index contributed by atoms with van der Waals surface area (Å²) in [6, 6.07) is 3.61. The van der Waals surface area contributed by atoms with E-state index >= 15 is 0 Å². The molecule has 0 radical (unpaired) electrons. The zero-order chi connectivity index (χ0) is 15.9. The van der Waals surface area contributed by atoms with E-state index in [4.69, 9.17) is 13.9 Å². The molecule has 0 N–H and O–H groups in total. The minimum atomic E-state index is -1.03. The maximum atomic E-state index is 12.2. The second-order valence-electron chi connectivity index (χ2n) is 6.32. The molecule has 0 bridgehead atoms. The number of hydrogen-bond donors (Lipinski definition) is 0. The highest BCUT2D eigenvalue weighted by Crippen LogP contribution is 2.38. The maximum Gasteiger partial charge on any atom is 0.349 e. The molecule has 23 heavy (non-hydrogen) atoms. The molecule has 1 saturated carbocycles. The molecule has 0 atom stereocenters. The monoisotopic (exact) mass is 317 g/mol. The van der Waals surface area contributed by atoms with Gasteiger partial charge in [0.15, 0.2) is 5.88 Å². The van der Waals surface area contributed by atoms with Gasteiger partial charge >= 0.3 is 11.9 Å². The van der Waals surface area contributed by atoms with Gasteiger partial charge in [-0.1, -0.05) is 0 Å². The van der Waals surface area contributed by atoms with Crippen molar-refractivity contribution in [3.63, 3.8) is 0 Å². The number of carbonyl (C=O) groups is 2. The first kappa shape index (κ1) is 14.4. The van der Waals surface area contributed by atoms with Crippen LogP contribution in [-0.2, 0) is 19.1 Å². The van der Waals surface area contributed by atoms with Gasteiger partial charge in [0.1, 0.15) is 11.3 Å². The molecule has 1 spiro atoms. The van der Waals surface area contributed by atoms with E-state index in [0.717, 1.165) is 44.7 Å². The molecule has 6 heteroatoms. The summed E-state index contributed by atoms with van der Waals surface area (Å²) >= 11 is 0. The van der Waals surface area contributed by atoms with E-state index < -0.39 is 17.7 Å². The maximum absolute atomic E-state index is 12.2. The standard InChI is InChI=1S/C17H19NO5/c19-15-13(16(20)23-17(22-15)7-1-2-8-17)11-12-5-6-14(21-12)18-9-3-4-10-18/h5-6,11H,1-4,7-10H2. The van der Waals surface area contributed by atoms with Gasteiger partial charge in [0.2, 0.25) is 0 Å². The van der Waals surface area contributed by atoms with Crippen LogP contribution >= 0.6 is 0 Å². The summed E-state index contributed by atoms with van der Waals surface area (Å²) in [5.41, 5.74) is -0.107. The molecule has 122 valence electrons. The number of carbonyl (C=O) groups excluding carboxylic acids is 2. The fourth-order valence-corrected chi connectivity index (χ4v) is 3.46. The third kappa shape index (κ3) is 2.62. The SMILES string of the molecule is O=C1OC2(CCCC2)OC(=O)C1=Cc1ccc(N2CCCC2)o1. The third-order valence-electron chi connectivity index (χ3n) is 4.68. The summed E-state index contributed by atoms with van der Waals surface area (Å²) in [6.45, 7) is 1.94. The first-order chi connectivity index (χ1) is 11.2. The molecule has 4 rings (SSSR count). The molecule has 2 saturated heterocycles. The van der Waals surface area contributed by atoms with Gasteiger partial charge in [-0.3, -0.25) is 0 Å². The number of anilines is 1. The smallest absolute Gasteiger partial charge is 0.349 e. The molecule has 1 aromatic heterocycles. The number of hydrogen-bond acceptors (Lipinski definition) is 6. The average Bonchev–Trinajstić information content (AvgIpc) is 3.25. The highest BCUT2D eigenvalue weighted by Gasteiger charge is 2.48. The van der Waals surface area contributed by atoms with Crippen LogP contribution in [0.5, 0.6) is 0 Å². The first-order valence-corrected chi connectivity index (χ1v) is 8.18. The van der Waals surface area contributed by atoms with Crippen molar-refractivity contribution in [1.29, 1.82) is 0 Å². The van der Waals surface area contributed by atoms with Crippen LogP contribution in [0.3, 0.4) is 0 Å². The van der Waals surface area contributed by atoms with Crippen LogP contribution in [0.1, 0.15) is 44.3 Å². The summed E-state index contributed by atoms with van der Waals surface area (Å²) in [4.78, 5) is 26.5. The van der Waals surface area contributed by atoms with Gasteiger partial charge in [-0.05, 0) is 31.7 Å². The molecular weight excluding hydrogens is 298 g/mol. The number of nitrogens with zero attached hydrogens (tertiary/aromatic N) is 1. The normalized spacial score (nSPS) is 23.3. The zero-order valence-electron chi connectivity index (χ0n) is 12.9. The Labute approximate surface area is 134 Å². The minimum Gasteiger partial charge on any atom is -0.441 e. The van der Waals surface area contributed by atoms with Gasteiger partial charge in [0.05, 0.1) is 0 Å². The van der Waals surface area contributed by atoms with Crippen molar-refractivity contribution in [1.82, 2.24) is 0 Å². The number of furan rings is 1. The fourth-order valence-electron chi connectivity index (χ4n) is 3.46. The molecule has 1 aliphatic carbocycles. The van der Waals surface area contributed by atoms with Crippen molar-refractivity contribution in [2.24, 2.45) is 0 Å². The summed E-state index contributed by atoms with van der Waals surface area (Å²) in [7, 11) is 0. The molecular formula is C17H19NO5. The molecule has 0 unspecified atom stereocenters. The van der Waals surface area contributed by atoms with Crippen LogP contribution in [0.4, 0.5) is 5.88 Å². The lowest BCUT2D eigenvalue weighted by Gasteiger charge is -2.32. The van der Waals surface area contributed by atoms with Crippen molar-refractivity contribution in [3.8, 4) is 0 Å². The summed E-state index contributed by atoms with van der Waals surface area (Å²) < 4.78 is 16.5. The van der Waals surface area contributed by atoms with E-state index in [-0.39, 0.29) is 5.57 Å². The largest absolute Gasteiger partial charge is 0.441 e.